The largest absolute Gasteiger partial charge is 0.504 e. The number of carbonyl (C=O) groups excluding carboxylic acids is 1. The molecule has 86 valence electrons. The minimum atomic E-state index is -0.0700. The van der Waals surface area contributed by atoms with Gasteiger partial charge in [-0.05, 0) is 36.4 Å². The first-order chi connectivity index (χ1) is 8.19. The summed E-state index contributed by atoms with van der Waals surface area (Å²) in [5, 5.41) is 9.35. The number of aromatic hydroxyl groups is 1. The number of halogens is 1. The molecule has 0 radical (unpaired) electrons. The Bertz CT molecular complexity index is 529. The van der Waals surface area contributed by atoms with Gasteiger partial charge in [-0.25, -0.2) is 4.99 Å². The third-order valence-electron chi connectivity index (χ3n) is 2.12. The summed E-state index contributed by atoms with van der Waals surface area (Å²) in [6.45, 7) is 0. The summed E-state index contributed by atoms with van der Waals surface area (Å²) in [7, 11) is 0. The van der Waals surface area contributed by atoms with Crippen molar-refractivity contribution in [3.05, 3.63) is 42.5 Å². The van der Waals surface area contributed by atoms with Crippen LogP contribution in [0, 0.1) is 0 Å². The van der Waals surface area contributed by atoms with Gasteiger partial charge in [-0.2, -0.15) is 0 Å². The van der Waals surface area contributed by atoms with E-state index in [0.717, 1.165) is 0 Å². The smallest absolute Gasteiger partial charge is 0.190 e. The van der Waals surface area contributed by atoms with Gasteiger partial charge < -0.3 is 9.40 Å². The van der Waals surface area contributed by atoms with Crippen LogP contribution in [0.25, 0.3) is 0 Å². The predicted molar refractivity (Wildman–Crippen MR) is 65.0 cm³/mol. The van der Waals surface area contributed by atoms with Gasteiger partial charge >= 0.3 is 0 Å². The molecule has 1 aromatic rings. The van der Waals surface area contributed by atoms with Crippen LogP contribution < -0.4 is 4.29 Å². The van der Waals surface area contributed by atoms with Gasteiger partial charge in [0.2, 0.25) is 0 Å². The molecule has 1 aromatic carbocycles. The molecule has 4 nitrogen and oxygen atoms in total. The van der Waals surface area contributed by atoms with Crippen molar-refractivity contribution in [3.8, 4) is 11.5 Å². The highest BCUT2D eigenvalue weighted by molar-refractivity contribution is 6.17. The molecule has 1 N–H and O–H groups in total. The number of allylic oxidation sites excluding steroid dienone is 4. The summed E-state index contributed by atoms with van der Waals surface area (Å²) in [5.41, 5.74) is 1.20. The lowest BCUT2D eigenvalue weighted by atomic mass is 10.1. The molecule has 1 aliphatic carbocycles. The van der Waals surface area contributed by atoms with Gasteiger partial charge in [0.25, 0.3) is 0 Å². The van der Waals surface area contributed by atoms with E-state index < -0.39 is 0 Å². The van der Waals surface area contributed by atoms with Crippen molar-refractivity contribution in [3.63, 3.8) is 0 Å². The van der Waals surface area contributed by atoms with Crippen LogP contribution in [0.1, 0.15) is 0 Å². The summed E-state index contributed by atoms with van der Waals surface area (Å²) >= 11 is 5.18. The Kier molecular flexibility index (Phi) is 3.25. The summed E-state index contributed by atoms with van der Waals surface area (Å²) in [6, 6.07) is 4.53. The zero-order chi connectivity index (χ0) is 12.3. The number of phenolic OH excluding ortho intramolecular Hbond substituents is 1. The maximum Gasteiger partial charge on any atom is 0.190 e. The molecular weight excluding hydrogens is 242 g/mol. The predicted octanol–water partition coefficient (Wildman–Crippen LogP) is 2.69. The van der Waals surface area contributed by atoms with Crippen LogP contribution in [0.15, 0.2) is 47.5 Å². The fourth-order valence-corrected chi connectivity index (χ4v) is 1.43. The average molecular weight is 250 g/mol. The number of hydrogen-bond acceptors (Lipinski definition) is 4. The van der Waals surface area contributed by atoms with Gasteiger partial charge in [-0.15, -0.1) is 0 Å². The number of benzene rings is 1. The fraction of sp³-hybridized carbons (Fsp3) is 0. The Labute approximate surface area is 103 Å². The fourth-order valence-electron chi connectivity index (χ4n) is 1.30. The van der Waals surface area contributed by atoms with Crippen molar-refractivity contribution in [1.29, 1.82) is 0 Å². The lowest BCUT2D eigenvalue weighted by Crippen LogP contribution is -1.98. The molecule has 0 fully saturated rings. The number of aliphatic imine (C=N–C) groups is 1. The van der Waals surface area contributed by atoms with Crippen LogP contribution in [-0.2, 0) is 4.79 Å². The molecule has 2 rings (SSSR count). The Balaban J connectivity index is 2.30. The number of ketones is 1. The molecule has 0 heterocycles. The second kappa shape index (κ2) is 4.84. The molecule has 0 amide bonds. The molecular formula is C12H8ClNO3. The van der Waals surface area contributed by atoms with Crippen molar-refractivity contribution in [2.24, 2.45) is 4.99 Å². The quantitative estimate of drug-likeness (QED) is 0.820. The SMILES string of the molecule is O=C1C=CC(=Nc2ccc(O)c(OCl)c2)C=C1. The van der Waals surface area contributed by atoms with E-state index in [4.69, 9.17) is 11.9 Å². The highest BCUT2D eigenvalue weighted by Gasteiger charge is 2.04. The van der Waals surface area contributed by atoms with E-state index in [1.165, 1.54) is 24.3 Å². The van der Waals surface area contributed by atoms with Crippen LogP contribution in [0.3, 0.4) is 0 Å². The highest BCUT2D eigenvalue weighted by atomic mass is 35.5. The minimum Gasteiger partial charge on any atom is -0.504 e. The van der Waals surface area contributed by atoms with Crippen molar-refractivity contribution in [1.82, 2.24) is 0 Å². The lowest BCUT2D eigenvalue weighted by Gasteiger charge is -2.03. The molecule has 17 heavy (non-hydrogen) atoms. The summed E-state index contributed by atoms with van der Waals surface area (Å²) in [4.78, 5) is 15.2. The van der Waals surface area contributed by atoms with E-state index in [-0.39, 0.29) is 17.3 Å². The van der Waals surface area contributed by atoms with Gasteiger partial charge in [0.05, 0.1) is 11.4 Å². The Morgan fingerprint density at radius 3 is 2.53 bits per heavy atom. The zero-order valence-electron chi connectivity index (χ0n) is 8.63. The monoisotopic (exact) mass is 249 g/mol. The minimum absolute atomic E-state index is 0.0612. The summed E-state index contributed by atoms with van der Waals surface area (Å²) < 4.78 is 4.45. The number of hydrogen-bond donors (Lipinski definition) is 1. The molecule has 0 aliphatic heterocycles. The number of phenols is 1. The van der Waals surface area contributed by atoms with Gasteiger partial charge in [0.15, 0.2) is 17.3 Å². The van der Waals surface area contributed by atoms with Gasteiger partial charge in [0.1, 0.15) is 11.9 Å². The first kappa shape index (κ1) is 11.4. The van der Waals surface area contributed by atoms with E-state index in [1.807, 2.05) is 0 Å². The van der Waals surface area contributed by atoms with E-state index >= 15 is 0 Å². The van der Waals surface area contributed by atoms with E-state index in [1.54, 1.807) is 18.2 Å². The third-order valence-corrected chi connectivity index (χ3v) is 2.29. The van der Waals surface area contributed by atoms with E-state index in [9.17, 15) is 9.90 Å². The van der Waals surface area contributed by atoms with E-state index in [2.05, 4.69) is 9.28 Å². The molecule has 0 spiro atoms. The first-order valence-electron chi connectivity index (χ1n) is 4.79. The van der Waals surface area contributed by atoms with Crippen molar-refractivity contribution in [2.75, 3.05) is 0 Å². The second-order valence-electron chi connectivity index (χ2n) is 3.33. The normalized spacial score (nSPS) is 13.9. The Morgan fingerprint density at radius 2 is 1.88 bits per heavy atom. The van der Waals surface area contributed by atoms with Crippen LogP contribution >= 0.6 is 11.9 Å². The second-order valence-corrected chi connectivity index (χ2v) is 3.49. The molecule has 0 aromatic heterocycles. The molecule has 0 saturated carbocycles. The molecule has 5 heteroatoms. The lowest BCUT2D eigenvalue weighted by molar-refractivity contribution is -0.110. The maximum atomic E-state index is 10.9. The summed E-state index contributed by atoms with van der Waals surface area (Å²) in [5.74, 6) is 0.00153. The maximum absolute atomic E-state index is 10.9. The number of nitrogens with zero attached hydrogens (tertiary/aromatic N) is 1. The first-order valence-corrected chi connectivity index (χ1v) is 5.10. The standard InChI is InChI=1S/C12H8ClNO3/c13-17-12-7-9(3-6-11(12)16)14-8-1-4-10(15)5-2-8/h1-7,16H. The van der Waals surface area contributed by atoms with Crippen molar-refractivity contribution >= 4 is 29.0 Å². The molecule has 0 bridgehead atoms. The van der Waals surface area contributed by atoms with Gasteiger partial charge in [-0.1, -0.05) is 0 Å². The van der Waals surface area contributed by atoms with Crippen LogP contribution in [0.2, 0.25) is 0 Å². The van der Waals surface area contributed by atoms with Crippen LogP contribution in [0.4, 0.5) is 5.69 Å². The van der Waals surface area contributed by atoms with Gasteiger partial charge in [0, 0.05) is 6.07 Å². The molecule has 0 atom stereocenters. The van der Waals surface area contributed by atoms with Crippen LogP contribution in [-0.4, -0.2) is 16.6 Å². The Hall–Kier alpha value is -2.07. The molecule has 0 unspecified atom stereocenters. The Morgan fingerprint density at radius 1 is 1.18 bits per heavy atom. The van der Waals surface area contributed by atoms with E-state index in [0.29, 0.717) is 11.4 Å². The average Bonchev–Trinajstić information content (AvgIpc) is 2.34. The van der Waals surface area contributed by atoms with Crippen molar-refractivity contribution < 1.29 is 14.2 Å². The molecule has 0 saturated heterocycles. The number of carbonyl (C=O) groups is 1. The molecule has 1 aliphatic rings. The van der Waals surface area contributed by atoms with Crippen molar-refractivity contribution in [2.45, 2.75) is 0 Å². The van der Waals surface area contributed by atoms with Crippen LogP contribution in [0.5, 0.6) is 11.5 Å². The highest BCUT2D eigenvalue weighted by Crippen LogP contribution is 2.31. The summed E-state index contributed by atoms with van der Waals surface area (Å²) in [6.07, 6.45) is 6.07. The topological polar surface area (TPSA) is 58.9 Å². The van der Waals surface area contributed by atoms with Gasteiger partial charge in [-0.3, -0.25) is 4.79 Å². The number of rotatable bonds is 2. The third kappa shape index (κ3) is 2.73. The zero-order valence-corrected chi connectivity index (χ0v) is 9.39.